The molecule has 0 amide bonds. The highest BCUT2D eigenvalue weighted by molar-refractivity contribution is 6.18. The quantitative estimate of drug-likeness (QED) is 0.380. The Morgan fingerprint density at radius 3 is 2.85 bits per heavy atom. The Morgan fingerprint density at radius 1 is 1.24 bits per heavy atom. The molecule has 1 saturated carbocycles. The zero-order chi connectivity index (χ0) is 23.2. The molecule has 2 atom stereocenters. The Labute approximate surface area is 192 Å². The largest absolute Gasteiger partial charge is 0.386 e. The molecule has 1 saturated heterocycles. The smallest absolute Gasteiger partial charge is 0.169 e. The summed E-state index contributed by atoms with van der Waals surface area (Å²) in [6, 6.07) is 3.16. The molecule has 8 nitrogen and oxygen atoms in total. The lowest BCUT2D eigenvalue weighted by atomic mass is 10.0. The van der Waals surface area contributed by atoms with E-state index >= 15 is 4.39 Å². The van der Waals surface area contributed by atoms with Gasteiger partial charge in [-0.1, -0.05) is 0 Å². The number of halogens is 2. The van der Waals surface area contributed by atoms with E-state index in [1.807, 2.05) is 12.3 Å². The van der Waals surface area contributed by atoms with Crippen LogP contribution in [0.3, 0.4) is 0 Å². The Kier molecular flexibility index (Phi) is 3.83. The van der Waals surface area contributed by atoms with E-state index in [0.29, 0.717) is 22.2 Å². The fourth-order valence-electron chi connectivity index (χ4n) is 5.56. The van der Waals surface area contributed by atoms with Crippen molar-refractivity contribution in [2.75, 3.05) is 30.4 Å². The van der Waals surface area contributed by atoms with E-state index in [9.17, 15) is 4.39 Å². The lowest BCUT2D eigenvalue weighted by Crippen LogP contribution is -2.23. The molecule has 7 rings (SSSR count). The predicted molar refractivity (Wildman–Crippen MR) is 127 cm³/mol. The zero-order valence-electron chi connectivity index (χ0n) is 18.4. The summed E-state index contributed by atoms with van der Waals surface area (Å²) in [7, 11) is 1.68. The van der Waals surface area contributed by atoms with E-state index in [4.69, 9.17) is 5.73 Å². The number of nitrogens with one attached hydrogen (secondary N) is 2. The van der Waals surface area contributed by atoms with Gasteiger partial charge in [-0.3, -0.25) is 0 Å². The Bertz CT molecular complexity index is 1620. The summed E-state index contributed by atoms with van der Waals surface area (Å²) in [5, 5.41) is 8.02. The van der Waals surface area contributed by atoms with Crippen molar-refractivity contribution < 1.29 is 8.78 Å². The van der Waals surface area contributed by atoms with Crippen LogP contribution >= 0.6 is 0 Å². The summed E-state index contributed by atoms with van der Waals surface area (Å²) in [5.41, 5.74) is 11.0. The first-order valence-electron chi connectivity index (χ1n) is 11.3. The standard InChI is InChI=1S/C24H22F2N8/c1-28-15-6-14(25)20(26)18-19-22(33-5-3-24(11-33)7-16(24)27)13(9-30-23(19)32-21(15)18)12-8-29-17-2-4-31-34(17)10-12/h2,4,6,8-10,16,28H,3,5,7,11,27H2,1H3,(H,30,32)/t16-,24+/m1/s1. The van der Waals surface area contributed by atoms with Crippen LogP contribution in [0, 0.1) is 17.0 Å². The number of nitrogens with zero attached hydrogens (tertiary/aromatic N) is 5. The summed E-state index contributed by atoms with van der Waals surface area (Å²) in [6.07, 6.45) is 9.05. The average molecular weight is 460 g/mol. The Hall–Kier alpha value is -3.79. The van der Waals surface area contributed by atoms with Crippen molar-refractivity contribution in [2.45, 2.75) is 18.9 Å². The molecule has 1 aliphatic carbocycles. The fraction of sp³-hybridized carbons (Fsp3) is 0.292. The average Bonchev–Trinajstić information content (AvgIpc) is 3.28. The van der Waals surface area contributed by atoms with Gasteiger partial charge in [-0.05, 0) is 12.8 Å². The molecule has 4 N–H and O–H groups in total. The van der Waals surface area contributed by atoms with Crippen LogP contribution in [0.2, 0.25) is 0 Å². The summed E-state index contributed by atoms with van der Waals surface area (Å²) >= 11 is 0. The van der Waals surface area contributed by atoms with Crippen LogP contribution in [0.1, 0.15) is 12.8 Å². The summed E-state index contributed by atoms with van der Waals surface area (Å²) in [5.74, 6) is -1.80. The van der Waals surface area contributed by atoms with Gasteiger partial charge in [0.1, 0.15) is 5.65 Å². The number of aromatic amines is 1. The highest BCUT2D eigenvalue weighted by Gasteiger charge is 2.55. The van der Waals surface area contributed by atoms with E-state index in [1.165, 1.54) is 0 Å². The second-order valence-electron chi connectivity index (χ2n) is 9.41. The summed E-state index contributed by atoms with van der Waals surface area (Å²) in [6.45, 7) is 1.54. The molecule has 4 aromatic heterocycles. The molecule has 0 bridgehead atoms. The molecule has 0 unspecified atom stereocenters. The molecule has 2 fully saturated rings. The van der Waals surface area contributed by atoms with Crippen LogP contribution in [0.5, 0.6) is 0 Å². The fourth-order valence-corrected chi connectivity index (χ4v) is 5.56. The first kappa shape index (κ1) is 19.7. The van der Waals surface area contributed by atoms with E-state index in [-0.39, 0.29) is 16.8 Å². The van der Waals surface area contributed by atoms with E-state index in [0.717, 1.165) is 54.5 Å². The molecule has 34 heavy (non-hydrogen) atoms. The summed E-state index contributed by atoms with van der Waals surface area (Å²) < 4.78 is 31.7. The topological polar surface area (TPSA) is 100 Å². The maximum Gasteiger partial charge on any atom is 0.169 e. The molecule has 172 valence electrons. The van der Waals surface area contributed by atoms with Crippen LogP contribution < -0.4 is 16.0 Å². The van der Waals surface area contributed by atoms with Gasteiger partial charge in [0.05, 0.1) is 33.9 Å². The third kappa shape index (κ3) is 2.57. The van der Waals surface area contributed by atoms with Gasteiger partial charge in [0.2, 0.25) is 0 Å². The van der Waals surface area contributed by atoms with Gasteiger partial charge >= 0.3 is 0 Å². The third-order valence-electron chi connectivity index (χ3n) is 7.55. The van der Waals surface area contributed by atoms with Crippen molar-refractivity contribution in [3.05, 3.63) is 48.6 Å². The number of hydrogen-bond acceptors (Lipinski definition) is 6. The number of pyridine rings is 1. The number of benzene rings is 1. The molecule has 1 aromatic carbocycles. The van der Waals surface area contributed by atoms with Crippen LogP contribution in [-0.4, -0.2) is 50.7 Å². The normalized spacial score (nSPS) is 22.0. The second kappa shape index (κ2) is 6.63. The lowest BCUT2D eigenvalue weighted by Gasteiger charge is -2.23. The predicted octanol–water partition coefficient (Wildman–Crippen LogP) is 3.67. The van der Waals surface area contributed by atoms with Gasteiger partial charge in [0.15, 0.2) is 17.3 Å². The highest BCUT2D eigenvalue weighted by atomic mass is 19.2. The minimum absolute atomic E-state index is 0.0864. The van der Waals surface area contributed by atoms with Crippen molar-refractivity contribution in [3.63, 3.8) is 0 Å². The molecule has 2 aliphatic rings. The van der Waals surface area contributed by atoms with Gasteiger partial charge in [0.25, 0.3) is 0 Å². The van der Waals surface area contributed by atoms with Crippen molar-refractivity contribution in [1.82, 2.24) is 24.6 Å². The minimum atomic E-state index is -0.907. The van der Waals surface area contributed by atoms with E-state index in [2.05, 4.69) is 30.3 Å². The van der Waals surface area contributed by atoms with E-state index < -0.39 is 11.6 Å². The van der Waals surface area contributed by atoms with Crippen molar-refractivity contribution in [1.29, 1.82) is 0 Å². The molecular weight excluding hydrogens is 438 g/mol. The molecule has 5 heterocycles. The number of anilines is 2. The van der Waals surface area contributed by atoms with Gasteiger partial charge in [-0.25, -0.2) is 23.3 Å². The number of rotatable bonds is 3. The monoisotopic (exact) mass is 460 g/mol. The first-order valence-corrected chi connectivity index (χ1v) is 11.3. The number of H-pyrrole nitrogens is 1. The number of nitrogens with two attached hydrogens (primary N) is 1. The number of fused-ring (bicyclic) bond motifs is 4. The molecule has 0 radical (unpaired) electrons. The van der Waals surface area contributed by atoms with E-state index in [1.54, 1.807) is 30.2 Å². The second-order valence-corrected chi connectivity index (χ2v) is 9.41. The van der Waals surface area contributed by atoms with Gasteiger partial charge in [0, 0.05) is 73.4 Å². The molecule has 5 aromatic rings. The van der Waals surface area contributed by atoms with Crippen LogP contribution in [0.15, 0.2) is 36.9 Å². The molecular formula is C24H22F2N8. The number of hydrogen-bond donors (Lipinski definition) is 3. The lowest BCUT2D eigenvalue weighted by molar-refractivity contribution is 0.518. The first-order chi connectivity index (χ1) is 16.5. The van der Waals surface area contributed by atoms with Crippen molar-refractivity contribution in [3.8, 4) is 11.1 Å². The SMILES string of the molecule is CNc1cc(F)c(F)c2c1[nH]c1ncc(-c3cnc4ccnn4c3)c(N3CC[C@]4(C[C@H]4N)C3)c12. The minimum Gasteiger partial charge on any atom is -0.386 e. The molecule has 1 spiro atoms. The summed E-state index contributed by atoms with van der Waals surface area (Å²) in [4.78, 5) is 14.6. The van der Waals surface area contributed by atoms with Gasteiger partial charge in [-0.15, -0.1) is 0 Å². The number of aromatic nitrogens is 5. The Morgan fingerprint density at radius 2 is 2.09 bits per heavy atom. The van der Waals surface area contributed by atoms with Crippen LogP contribution in [-0.2, 0) is 0 Å². The van der Waals surface area contributed by atoms with Gasteiger partial charge in [-0.2, -0.15) is 5.10 Å². The van der Waals surface area contributed by atoms with Crippen LogP contribution in [0.4, 0.5) is 20.2 Å². The van der Waals surface area contributed by atoms with Crippen molar-refractivity contribution >= 4 is 39.0 Å². The van der Waals surface area contributed by atoms with Crippen LogP contribution in [0.25, 0.3) is 38.7 Å². The van der Waals surface area contributed by atoms with Crippen molar-refractivity contribution in [2.24, 2.45) is 11.1 Å². The zero-order valence-corrected chi connectivity index (χ0v) is 18.4. The van der Waals surface area contributed by atoms with Gasteiger partial charge < -0.3 is 20.9 Å². The highest BCUT2D eigenvalue weighted by Crippen LogP contribution is 2.54. The maximum absolute atomic E-state index is 15.4. The maximum atomic E-state index is 15.4. The Balaban J connectivity index is 1.56. The third-order valence-corrected chi connectivity index (χ3v) is 7.55. The molecule has 1 aliphatic heterocycles. The molecule has 10 heteroatoms.